The molecule has 1 aromatic carbocycles. The molecule has 0 bridgehead atoms. The molecule has 3 rings (SSSR count). The number of nitrogens with zero attached hydrogens (tertiary/aromatic N) is 1. The summed E-state index contributed by atoms with van der Waals surface area (Å²) in [5.74, 6) is 0.0807. The number of hydrogen-bond acceptors (Lipinski definition) is 3. The summed E-state index contributed by atoms with van der Waals surface area (Å²) in [6.45, 7) is 1.02. The van der Waals surface area contributed by atoms with Crippen molar-refractivity contribution in [1.82, 2.24) is 15.6 Å². The molecular weight excluding hydrogens is 274 g/mol. The van der Waals surface area contributed by atoms with E-state index >= 15 is 0 Å². The summed E-state index contributed by atoms with van der Waals surface area (Å²) in [7, 11) is 0. The van der Waals surface area contributed by atoms with E-state index in [2.05, 4.69) is 15.6 Å². The van der Waals surface area contributed by atoms with Gasteiger partial charge in [0.2, 0.25) is 5.91 Å². The molecule has 1 saturated heterocycles. The Morgan fingerprint density at radius 2 is 2.05 bits per heavy atom. The zero-order valence-electron chi connectivity index (χ0n) is 12.5. The topological polar surface area (TPSA) is 54.0 Å². The predicted molar refractivity (Wildman–Crippen MR) is 86.3 cm³/mol. The van der Waals surface area contributed by atoms with Crippen LogP contribution >= 0.6 is 0 Å². The Kier molecular flexibility index (Phi) is 4.81. The molecule has 0 aliphatic carbocycles. The Labute approximate surface area is 131 Å². The number of benzene rings is 1. The lowest BCUT2D eigenvalue weighted by atomic mass is 9.99. The highest BCUT2D eigenvalue weighted by Gasteiger charge is 2.21. The van der Waals surface area contributed by atoms with Crippen molar-refractivity contribution < 1.29 is 4.79 Å². The predicted octanol–water partition coefficient (Wildman–Crippen LogP) is 2.43. The molecule has 1 aromatic heterocycles. The maximum Gasteiger partial charge on any atom is 0.222 e. The minimum absolute atomic E-state index is 0.0807. The second-order valence-electron chi connectivity index (χ2n) is 5.69. The average Bonchev–Trinajstić information content (AvgIpc) is 3.07. The molecule has 2 N–H and O–H groups in total. The number of rotatable bonds is 5. The van der Waals surface area contributed by atoms with E-state index in [9.17, 15) is 4.79 Å². The zero-order chi connectivity index (χ0) is 15.2. The number of nitrogens with one attached hydrogen (secondary N) is 2. The number of amides is 1. The highest BCUT2D eigenvalue weighted by Crippen LogP contribution is 2.21. The molecule has 0 spiro atoms. The normalized spacial score (nSPS) is 18.8. The zero-order valence-corrected chi connectivity index (χ0v) is 12.5. The van der Waals surface area contributed by atoms with Gasteiger partial charge in [-0.05, 0) is 36.6 Å². The van der Waals surface area contributed by atoms with Gasteiger partial charge in [-0.1, -0.05) is 36.4 Å². The van der Waals surface area contributed by atoms with Gasteiger partial charge in [-0.2, -0.15) is 0 Å². The van der Waals surface area contributed by atoms with Crippen LogP contribution in [0.2, 0.25) is 0 Å². The summed E-state index contributed by atoms with van der Waals surface area (Å²) in [6.07, 6.45) is 6.32. The molecule has 1 aliphatic heterocycles. The van der Waals surface area contributed by atoms with E-state index in [0.29, 0.717) is 12.5 Å². The van der Waals surface area contributed by atoms with Crippen molar-refractivity contribution in [2.45, 2.75) is 31.3 Å². The van der Waals surface area contributed by atoms with E-state index in [0.717, 1.165) is 30.5 Å². The molecule has 114 valence electrons. The van der Waals surface area contributed by atoms with Crippen LogP contribution in [-0.2, 0) is 4.79 Å². The van der Waals surface area contributed by atoms with Crippen LogP contribution in [0.5, 0.6) is 0 Å². The molecular formula is C18H21N3O. The molecule has 0 saturated carbocycles. The number of hydrogen-bond donors (Lipinski definition) is 2. The SMILES string of the molecule is O=C(CC1CCCN1)NC(c1ccccc1)c1cccnc1. The van der Waals surface area contributed by atoms with Crippen molar-refractivity contribution in [3.8, 4) is 0 Å². The minimum atomic E-state index is -0.149. The maximum absolute atomic E-state index is 12.4. The minimum Gasteiger partial charge on any atom is -0.345 e. The fourth-order valence-corrected chi connectivity index (χ4v) is 2.93. The molecule has 22 heavy (non-hydrogen) atoms. The molecule has 0 radical (unpaired) electrons. The first-order valence-electron chi connectivity index (χ1n) is 7.80. The first-order chi connectivity index (χ1) is 10.8. The van der Waals surface area contributed by atoms with Crippen LogP contribution in [0.15, 0.2) is 54.9 Å². The van der Waals surface area contributed by atoms with Crippen molar-refractivity contribution >= 4 is 5.91 Å². The quantitative estimate of drug-likeness (QED) is 0.891. The smallest absolute Gasteiger partial charge is 0.222 e. The number of pyridine rings is 1. The molecule has 4 heteroatoms. The van der Waals surface area contributed by atoms with Crippen LogP contribution in [0.3, 0.4) is 0 Å². The van der Waals surface area contributed by atoms with E-state index in [1.807, 2.05) is 48.7 Å². The highest BCUT2D eigenvalue weighted by atomic mass is 16.1. The second kappa shape index (κ2) is 7.18. The lowest BCUT2D eigenvalue weighted by Crippen LogP contribution is -2.34. The van der Waals surface area contributed by atoms with Gasteiger partial charge in [0.1, 0.15) is 0 Å². The van der Waals surface area contributed by atoms with Crippen LogP contribution in [0.4, 0.5) is 0 Å². The van der Waals surface area contributed by atoms with E-state index < -0.39 is 0 Å². The highest BCUT2D eigenvalue weighted by molar-refractivity contribution is 5.77. The molecule has 2 atom stereocenters. The van der Waals surface area contributed by atoms with Crippen molar-refractivity contribution in [2.75, 3.05) is 6.54 Å². The molecule has 2 heterocycles. The van der Waals surface area contributed by atoms with Crippen molar-refractivity contribution in [3.05, 3.63) is 66.0 Å². The fraction of sp³-hybridized carbons (Fsp3) is 0.333. The van der Waals surface area contributed by atoms with Gasteiger partial charge in [0.25, 0.3) is 0 Å². The summed E-state index contributed by atoms with van der Waals surface area (Å²) < 4.78 is 0. The second-order valence-corrected chi connectivity index (χ2v) is 5.69. The lowest BCUT2D eigenvalue weighted by Gasteiger charge is -2.20. The van der Waals surface area contributed by atoms with Gasteiger partial charge in [-0.3, -0.25) is 9.78 Å². The number of carbonyl (C=O) groups excluding carboxylic acids is 1. The molecule has 1 fully saturated rings. The first kappa shape index (κ1) is 14.7. The first-order valence-corrected chi connectivity index (χ1v) is 7.80. The largest absolute Gasteiger partial charge is 0.345 e. The van der Waals surface area contributed by atoms with Crippen LogP contribution < -0.4 is 10.6 Å². The summed E-state index contributed by atoms with van der Waals surface area (Å²) in [6, 6.07) is 14.1. The monoisotopic (exact) mass is 295 g/mol. The van der Waals surface area contributed by atoms with Gasteiger partial charge >= 0.3 is 0 Å². The molecule has 2 aromatic rings. The van der Waals surface area contributed by atoms with E-state index in [-0.39, 0.29) is 11.9 Å². The van der Waals surface area contributed by atoms with Gasteiger partial charge in [-0.15, -0.1) is 0 Å². The lowest BCUT2D eigenvalue weighted by molar-refractivity contribution is -0.122. The molecule has 2 unspecified atom stereocenters. The van der Waals surface area contributed by atoms with Crippen LogP contribution in [0.25, 0.3) is 0 Å². The van der Waals surface area contributed by atoms with Crippen LogP contribution in [-0.4, -0.2) is 23.5 Å². The number of aromatic nitrogens is 1. The van der Waals surface area contributed by atoms with Gasteiger partial charge in [0, 0.05) is 24.9 Å². The Bertz CT molecular complexity index is 555. The third-order valence-electron chi connectivity index (χ3n) is 4.05. The summed E-state index contributed by atoms with van der Waals surface area (Å²) >= 11 is 0. The van der Waals surface area contributed by atoms with Crippen LogP contribution in [0, 0.1) is 0 Å². The van der Waals surface area contributed by atoms with Gasteiger partial charge in [-0.25, -0.2) is 0 Å². The third-order valence-corrected chi connectivity index (χ3v) is 4.05. The molecule has 1 aliphatic rings. The van der Waals surface area contributed by atoms with Gasteiger partial charge in [0.15, 0.2) is 0 Å². The standard InChI is InChI=1S/C18H21N3O/c22-17(12-16-9-5-11-20-16)21-18(14-6-2-1-3-7-14)15-8-4-10-19-13-15/h1-4,6-8,10,13,16,18,20H,5,9,11-12H2,(H,21,22). The van der Waals surface area contributed by atoms with Gasteiger partial charge in [0.05, 0.1) is 6.04 Å². The third kappa shape index (κ3) is 3.71. The summed E-state index contributed by atoms with van der Waals surface area (Å²) in [4.78, 5) is 16.6. The van der Waals surface area contributed by atoms with Gasteiger partial charge < -0.3 is 10.6 Å². The Hall–Kier alpha value is -2.20. The molecule has 1 amide bonds. The maximum atomic E-state index is 12.4. The summed E-state index contributed by atoms with van der Waals surface area (Å²) in [5, 5.41) is 6.52. The average molecular weight is 295 g/mol. The molecule has 4 nitrogen and oxygen atoms in total. The van der Waals surface area contributed by atoms with Crippen molar-refractivity contribution in [3.63, 3.8) is 0 Å². The van der Waals surface area contributed by atoms with Crippen LogP contribution in [0.1, 0.15) is 36.4 Å². The van der Waals surface area contributed by atoms with Crippen molar-refractivity contribution in [2.24, 2.45) is 0 Å². The Balaban J connectivity index is 1.75. The van der Waals surface area contributed by atoms with E-state index in [4.69, 9.17) is 0 Å². The fourth-order valence-electron chi connectivity index (χ4n) is 2.93. The van der Waals surface area contributed by atoms with Crippen molar-refractivity contribution in [1.29, 1.82) is 0 Å². The Morgan fingerprint density at radius 1 is 1.23 bits per heavy atom. The van der Waals surface area contributed by atoms with E-state index in [1.54, 1.807) is 6.20 Å². The Morgan fingerprint density at radius 3 is 2.73 bits per heavy atom. The number of carbonyl (C=O) groups is 1. The summed E-state index contributed by atoms with van der Waals surface area (Å²) in [5.41, 5.74) is 2.07. The van der Waals surface area contributed by atoms with E-state index in [1.165, 1.54) is 0 Å².